The van der Waals surface area contributed by atoms with Crippen molar-refractivity contribution in [3.63, 3.8) is 0 Å². The van der Waals surface area contributed by atoms with Gasteiger partial charge in [0.15, 0.2) is 11.5 Å². The summed E-state index contributed by atoms with van der Waals surface area (Å²) >= 11 is 0. The van der Waals surface area contributed by atoms with Crippen LogP contribution in [0.5, 0.6) is 11.5 Å². The lowest BCUT2D eigenvalue weighted by Gasteiger charge is -2.21. The van der Waals surface area contributed by atoms with E-state index in [2.05, 4.69) is 16.4 Å². The number of carbonyl (C=O) groups excluding carboxylic acids is 1. The Kier molecular flexibility index (Phi) is 6.77. The molecular weight excluding hydrogens is 366 g/mol. The van der Waals surface area contributed by atoms with E-state index in [0.29, 0.717) is 24.5 Å². The Morgan fingerprint density at radius 1 is 1.07 bits per heavy atom. The van der Waals surface area contributed by atoms with Crippen LogP contribution >= 0.6 is 0 Å². The van der Waals surface area contributed by atoms with Crippen LogP contribution in [0, 0.1) is 0 Å². The number of nitrogens with zero attached hydrogens (tertiary/aromatic N) is 1. The van der Waals surface area contributed by atoms with Gasteiger partial charge in [0, 0.05) is 48.1 Å². The van der Waals surface area contributed by atoms with Gasteiger partial charge in [-0.25, -0.2) is 0 Å². The number of ether oxygens (including phenoxy) is 2. The second kappa shape index (κ2) is 9.47. The van der Waals surface area contributed by atoms with Gasteiger partial charge in [-0.1, -0.05) is 30.3 Å². The van der Waals surface area contributed by atoms with Crippen molar-refractivity contribution in [3.05, 3.63) is 59.8 Å². The molecule has 1 amide bonds. The molecule has 3 rings (SSSR count). The molecule has 0 aliphatic carbocycles. The molecule has 0 bridgehead atoms. The van der Waals surface area contributed by atoms with Gasteiger partial charge in [-0.3, -0.25) is 4.79 Å². The number of nitrogens with one attached hydrogen (secondary N) is 2. The summed E-state index contributed by atoms with van der Waals surface area (Å²) in [4.78, 5) is 18.2. The number of benzene rings is 2. The predicted molar refractivity (Wildman–Crippen MR) is 116 cm³/mol. The van der Waals surface area contributed by atoms with Crippen molar-refractivity contribution >= 4 is 16.8 Å². The molecular formula is C23H29N3O3. The number of carbonyl (C=O) groups is 1. The molecule has 2 aromatic carbocycles. The third kappa shape index (κ3) is 4.71. The van der Waals surface area contributed by atoms with Crippen molar-refractivity contribution in [1.29, 1.82) is 0 Å². The summed E-state index contributed by atoms with van der Waals surface area (Å²) in [5, 5.41) is 4.13. The Morgan fingerprint density at radius 2 is 1.86 bits per heavy atom. The molecule has 0 spiro atoms. The quantitative estimate of drug-likeness (QED) is 0.583. The minimum atomic E-state index is -0.171. The molecule has 1 heterocycles. The van der Waals surface area contributed by atoms with Crippen LogP contribution in [0.1, 0.15) is 23.5 Å². The van der Waals surface area contributed by atoms with Crippen molar-refractivity contribution in [1.82, 2.24) is 15.2 Å². The highest BCUT2D eigenvalue weighted by Crippen LogP contribution is 2.41. The largest absolute Gasteiger partial charge is 0.493 e. The Hall–Kier alpha value is -2.99. The summed E-state index contributed by atoms with van der Waals surface area (Å²) in [7, 11) is 7.23. The molecule has 0 saturated carbocycles. The second-order valence-corrected chi connectivity index (χ2v) is 7.28. The van der Waals surface area contributed by atoms with E-state index in [4.69, 9.17) is 9.47 Å². The molecule has 0 aliphatic rings. The van der Waals surface area contributed by atoms with Crippen LogP contribution in [0.3, 0.4) is 0 Å². The monoisotopic (exact) mass is 395 g/mol. The fourth-order valence-electron chi connectivity index (χ4n) is 3.63. The van der Waals surface area contributed by atoms with Gasteiger partial charge < -0.3 is 24.7 Å². The standard InChI is InChI=1S/C23H29N3O3/c1-26(2)13-12-24-22(27)14-18(17-9-7-11-21(28-3)23(17)29-4)19-15-25-20-10-6-5-8-16(19)20/h5-11,15,18,25H,12-14H2,1-4H3,(H,24,27)/t18-/m1/s1. The van der Waals surface area contributed by atoms with Crippen LogP contribution in [0.4, 0.5) is 0 Å². The number of aromatic amines is 1. The second-order valence-electron chi connectivity index (χ2n) is 7.28. The fourth-order valence-corrected chi connectivity index (χ4v) is 3.63. The number of para-hydroxylation sites is 2. The Morgan fingerprint density at radius 3 is 2.59 bits per heavy atom. The lowest BCUT2D eigenvalue weighted by Crippen LogP contribution is -2.32. The summed E-state index contributed by atoms with van der Waals surface area (Å²) < 4.78 is 11.2. The van der Waals surface area contributed by atoms with Crippen molar-refractivity contribution < 1.29 is 14.3 Å². The van der Waals surface area contributed by atoms with Crippen LogP contribution in [0.2, 0.25) is 0 Å². The van der Waals surface area contributed by atoms with Gasteiger partial charge in [0.1, 0.15) is 0 Å². The smallest absolute Gasteiger partial charge is 0.220 e. The Bertz CT molecular complexity index is 965. The fraction of sp³-hybridized carbons (Fsp3) is 0.348. The maximum atomic E-state index is 12.8. The Balaban J connectivity index is 2.00. The average Bonchev–Trinajstić information content (AvgIpc) is 3.15. The van der Waals surface area contributed by atoms with Gasteiger partial charge in [0.25, 0.3) is 0 Å². The number of fused-ring (bicyclic) bond motifs is 1. The van der Waals surface area contributed by atoms with Crippen molar-refractivity contribution in [2.75, 3.05) is 41.4 Å². The molecule has 0 saturated heterocycles. The van der Waals surface area contributed by atoms with E-state index in [1.807, 2.05) is 61.6 Å². The molecule has 1 aromatic heterocycles. The third-order valence-corrected chi connectivity index (χ3v) is 5.08. The van der Waals surface area contributed by atoms with Crippen LogP contribution < -0.4 is 14.8 Å². The zero-order valence-electron chi connectivity index (χ0n) is 17.5. The van der Waals surface area contributed by atoms with E-state index < -0.39 is 0 Å². The van der Waals surface area contributed by atoms with Gasteiger partial charge >= 0.3 is 0 Å². The summed E-state index contributed by atoms with van der Waals surface area (Å²) in [6.45, 7) is 1.41. The zero-order chi connectivity index (χ0) is 20.8. The molecule has 154 valence electrons. The topological polar surface area (TPSA) is 66.6 Å². The Labute approximate surface area is 171 Å². The number of H-pyrrole nitrogens is 1. The molecule has 6 nitrogen and oxygen atoms in total. The normalized spacial score (nSPS) is 12.2. The summed E-state index contributed by atoms with van der Waals surface area (Å²) in [6.07, 6.45) is 2.31. The highest BCUT2D eigenvalue weighted by molar-refractivity contribution is 5.86. The van der Waals surface area contributed by atoms with Gasteiger partial charge in [-0.15, -0.1) is 0 Å². The molecule has 1 atom stereocenters. The number of likely N-dealkylation sites (N-methyl/N-ethyl adjacent to an activating group) is 1. The van der Waals surface area contributed by atoms with Gasteiger partial charge in [-0.2, -0.15) is 0 Å². The first-order valence-electron chi connectivity index (χ1n) is 9.73. The van der Waals surface area contributed by atoms with Crippen LogP contribution in [-0.4, -0.2) is 57.2 Å². The first-order valence-corrected chi connectivity index (χ1v) is 9.73. The van der Waals surface area contributed by atoms with Gasteiger partial charge in [-0.05, 0) is 31.8 Å². The highest BCUT2D eigenvalue weighted by atomic mass is 16.5. The first kappa shape index (κ1) is 20.7. The zero-order valence-corrected chi connectivity index (χ0v) is 17.5. The number of methoxy groups -OCH3 is 2. The molecule has 0 fully saturated rings. The molecule has 0 aliphatic heterocycles. The van der Waals surface area contributed by atoms with E-state index in [-0.39, 0.29) is 11.8 Å². The van der Waals surface area contributed by atoms with E-state index in [0.717, 1.165) is 28.6 Å². The van der Waals surface area contributed by atoms with E-state index >= 15 is 0 Å². The first-order chi connectivity index (χ1) is 14.0. The summed E-state index contributed by atoms with van der Waals surface area (Å²) in [5.41, 5.74) is 3.04. The van der Waals surface area contributed by atoms with Gasteiger partial charge in [0.2, 0.25) is 5.91 Å². The number of hydrogen-bond donors (Lipinski definition) is 2. The van der Waals surface area contributed by atoms with Crippen LogP contribution in [-0.2, 0) is 4.79 Å². The molecule has 0 radical (unpaired) electrons. The summed E-state index contributed by atoms with van der Waals surface area (Å²) in [6, 6.07) is 13.9. The molecule has 29 heavy (non-hydrogen) atoms. The van der Waals surface area contributed by atoms with Crippen molar-refractivity contribution in [2.24, 2.45) is 0 Å². The van der Waals surface area contributed by atoms with E-state index in [1.165, 1.54) is 0 Å². The van der Waals surface area contributed by atoms with Gasteiger partial charge in [0.05, 0.1) is 14.2 Å². The highest BCUT2D eigenvalue weighted by Gasteiger charge is 2.25. The van der Waals surface area contributed by atoms with E-state index in [9.17, 15) is 4.79 Å². The molecule has 2 N–H and O–H groups in total. The number of hydrogen-bond acceptors (Lipinski definition) is 4. The minimum absolute atomic E-state index is 0.00649. The third-order valence-electron chi connectivity index (χ3n) is 5.08. The molecule has 0 unspecified atom stereocenters. The number of rotatable bonds is 9. The molecule has 6 heteroatoms. The maximum Gasteiger partial charge on any atom is 0.220 e. The number of aromatic nitrogens is 1. The van der Waals surface area contributed by atoms with Crippen molar-refractivity contribution in [3.8, 4) is 11.5 Å². The maximum absolute atomic E-state index is 12.8. The summed E-state index contributed by atoms with van der Waals surface area (Å²) in [5.74, 6) is 1.15. The van der Waals surface area contributed by atoms with E-state index in [1.54, 1.807) is 14.2 Å². The van der Waals surface area contributed by atoms with Crippen LogP contribution in [0.15, 0.2) is 48.7 Å². The number of amides is 1. The molecule has 3 aromatic rings. The van der Waals surface area contributed by atoms with Crippen molar-refractivity contribution in [2.45, 2.75) is 12.3 Å². The lowest BCUT2D eigenvalue weighted by molar-refractivity contribution is -0.121. The minimum Gasteiger partial charge on any atom is -0.493 e. The average molecular weight is 396 g/mol. The lowest BCUT2D eigenvalue weighted by atomic mass is 9.87. The SMILES string of the molecule is COc1cccc([C@@H](CC(=O)NCCN(C)C)c2c[nH]c3ccccc23)c1OC. The van der Waals surface area contributed by atoms with Crippen LogP contribution in [0.25, 0.3) is 10.9 Å². The predicted octanol–water partition coefficient (Wildman–Crippen LogP) is 3.38.